The predicted molar refractivity (Wildman–Crippen MR) is 250 cm³/mol. The summed E-state index contributed by atoms with van der Waals surface area (Å²) in [5, 5.41) is 3.87. The fourth-order valence-corrected chi connectivity index (χ4v) is 11.6. The van der Waals surface area contributed by atoms with Crippen LogP contribution in [-0.4, -0.2) is 38.1 Å². The molecule has 60 heavy (non-hydrogen) atoms. The smallest absolute Gasteiger partial charge is 0.282 e. The molecule has 1 fully saturated rings. The summed E-state index contributed by atoms with van der Waals surface area (Å²) in [5.41, 5.74) is 10.00. The second kappa shape index (κ2) is 15.4. The Morgan fingerprint density at radius 3 is 2.10 bits per heavy atom. The van der Waals surface area contributed by atoms with Gasteiger partial charge in [-0.25, -0.2) is 0 Å². The molecule has 3 aliphatic heterocycles. The van der Waals surface area contributed by atoms with E-state index in [4.69, 9.17) is 0 Å². The van der Waals surface area contributed by atoms with Crippen LogP contribution in [0.1, 0.15) is 22.1 Å². The molecule has 11 rings (SSSR count). The summed E-state index contributed by atoms with van der Waals surface area (Å²) in [4.78, 5) is 11.4. The Morgan fingerprint density at radius 2 is 1.32 bits per heavy atom. The third-order valence-corrected chi connectivity index (χ3v) is 14.8. The number of pyridine rings is 1. The lowest BCUT2D eigenvalue weighted by atomic mass is 9.90. The summed E-state index contributed by atoms with van der Waals surface area (Å²) in [7, 11) is 4.41. The van der Waals surface area contributed by atoms with Crippen LogP contribution in [0.15, 0.2) is 186 Å². The van der Waals surface area contributed by atoms with Gasteiger partial charge in [-0.3, -0.25) is 9.80 Å². The van der Waals surface area contributed by atoms with Crippen LogP contribution in [0.2, 0.25) is 0 Å². The van der Waals surface area contributed by atoms with Gasteiger partial charge in [-0.05, 0) is 77.9 Å². The van der Waals surface area contributed by atoms with Crippen molar-refractivity contribution < 1.29 is 9.13 Å². The molecule has 5 heterocycles. The van der Waals surface area contributed by atoms with Gasteiger partial charge in [0.1, 0.15) is 41.9 Å². The molecule has 0 radical (unpaired) electrons. The highest BCUT2D eigenvalue weighted by atomic mass is 32.2. The van der Waals surface area contributed by atoms with Crippen molar-refractivity contribution in [1.29, 1.82) is 0 Å². The summed E-state index contributed by atoms with van der Waals surface area (Å²) in [6, 6.07) is 59.7. The number of benzene rings is 6. The number of rotatable bonds is 7. The first kappa shape index (κ1) is 36.7. The highest BCUT2D eigenvalue weighted by molar-refractivity contribution is 8.03. The van der Waals surface area contributed by atoms with E-state index in [0.717, 1.165) is 32.6 Å². The van der Waals surface area contributed by atoms with Crippen molar-refractivity contribution in [1.82, 2.24) is 4.90 Å². The van der Waals surface area contributed by atoms with Crippen LogP contribution < -0.4 is 23.8 Å². The van der Waals surface area contributed by atoms with Crippen molar-refractivity contribution in [3.63, 3.8) is 0 Å². The molecular formula is C52H46N6S2+2. The van der Waals surface area contributed by atoms with Crippen molar-refractivity contribution >= 4 is 73.2 Å². The van der Waals surface area contributed by atoms with Gasteiger partial charge in [0.25, 0.3) is 5.82 Å². The van der Waals surface area contributed by atoms with Crippen LogP contribution in [0, 0.1) is 0 Å². The standard InChI is InChI=1S/C52H46N6S2/c1-53-45-25-13-15-27-47(45)59-51(53)35-37-33-49(57(39-17-5-3-6-18-39)43-23-11-9-21-41(37)43)55-29-31-56(32-30-55)50-34-38(36-52-54(2)46-26-14-16-28-48(46)60-52)42-22-10-12-24-44(42)58(50)40-19-7-4-8-20-40/h3-28,33-35,38H,29-32,36H2,1-2H3/q+2. The molecule has 1 unspecified atom stereocenters. The molecule has 6 nitrogen and oxygen atoms in total. The number of hydrogen-bond acceptors (Lipinski definition) is 6. The molecule has 1 saturated heterocycles. The van der Waals surface area contributed by atoms with Gasteiger partial charge in [-0.2, -0.15) is 9.13 Å². The number of nitrogens with zero attached hydrogens (tertiary/aromatic N) is 6. The molecule has 8 heteroatoms. The van der Waals surface area contributed by atoms with Crippen LogP contribution in [-0.2, 0) is 13.5 Å². The van der Waals surface area contributed by atoms with Gasteiger partial charge in [0.2, 0.25) is 10.5 Å². The monoisotopic (exact) mass is 818 g/mol. The zero-order chi connectivity index (χ0) is 40.2. The SMILES string of the molecule is CN1C(=Cc2cc(N3CCN(C4=CC(Cc5sc6ccccc6[n+]5C)c5ccccc5N4c4ccccc4)CC3)[n+](-c3ccccc3)c3ccccc23)Sc2ccccc21. The van der Waals surface area contributed by atoms with Crippen molar-refractivity contribution in [2.75, 3.05) is 47.9 Å². The second-order valence-corrected chi connectivity index (χ2v) is 18.0. The van der Waals surface area contributed by atoms with E-state index in [1.165, 1.54) is 81.6 Å². The highest BCUT2D eigenvalue weighted by Crippen LogP contribution is 2.47. The van der Waals surface area contributed by atoms with Gasteiger partial charge in [0, 0.05) is 41.1 Å². The van der Waals surface area contributed by atoms with E-state index in [1.807, 2.05) is 23.1 Å². The van der Waals surface area contributed by atoms with Crippen LogP contribution in [0.5, 0.6) is 0 Å². The maximum atomic E-state index is 2.63. The Labute approximate surface area is 360 Å². The largest absolute Gasteiger partial charge is 0.350 e. The average molecular weight is 819 g/mol. The van der Waals surface area contributed by atoms with Crippen LogP contribution in [0.4, 0.5) is 22.9 Å². The van der Waals surface area contributed by atoms with Crippen molar-refractivity contribution in [3.05, 3.63) is 197 Å². The lowest BCUT2D eigenvalue weighted by Gasteiger charge is -2.43. The molecule has 1 atom stereocenters. The summed E-state index contributed by atoms with van der Waals surface area (Å²) in [5.74, 6) is 2.73. The molecule has 0 saturated carbocycles. The lowest BCUT2D eigenvalue weighted by Crippen LogP contribution is -2.52. The molecular weight excluding hydrogens is 773 g/mol. The number of aryl methyl sites for hydroxylation is 1. The Morgan fingerprint density at radius 1 is 0.667 bits per heavy atom. The van der Waals surface area contributed by atoms with Gasteiger partial charge in [0.05, 0.1) is 35.9 Å². The third kappa shape index (κ3) is 6.42. The quantitative estimate of drug-likeness (QED) is 0.149. The summed E-state index contributed by atoms with van der Waals surface area (Å²) in [6.45, 7) is 3.57. The zero-order valence-corrected chi connectivity index (χ0v) is 35.5. The normalized spacial score (nSPS) is 17.1. The first-order chi connectivity index (χ1) is 29.6. The topological polar surface area (TPSA) is 20.7 Å². The minimum atomic E-state index is 0.238. The molecule has 294 valence electrons. The van der Waals surface area contributed by atoms with E-state index in [-0.39, 0.29) is 5.92 Å². The van der Waals surface area contributed by atoms with Gasteiger partial charge < -0.3 is 9.80 Å². The fraction of sp³-hybridized carbons (Fsp3) is 0.154. The highest BCUT2D eigenvalue weighted by Gasteiger charge is 2.36. The Kier molecular flexibility index (Phi) is 9.39. The Bertz CT molecular complexity index is 2950. The number of allylic oxidation sites excluding steroid dienone is 1. The Balaban J connectivity index is 0.978. The molecule has 0 spiro atoms. The maximum Gasteiger partial charge on any atom is 0.282 e. The minimum absolute atomic E-state index is 0.238. The number of hydrogen-bond donors (Lipinski definition) is 0. The Hall–Kier alpha value is -6.35. The van der Waals surface area contributed by atoms with Crippen molar-refractivity contribution in [2.24, 2.45) is 7.05 Å². The molecule has 0 amide bonds. The van der Waals surface area contributed by atoms with E-state index in [9.17, 15) is 0 Å². The van der Waals surface area contributed by atoms with Gasteiger partial charge in [-0.15, -0.1) is 0 Å². The van der Waals surface area contributed by atoms with Crippen molar-refractivity contribution in [3.8, 4) is 5.69 Å². The van der Waals surface area contributed by atoms with Gasteiger partial charge >= 0.3 is 0 Å². The van der Waals surface area contributed by atoms with E-state index in [1.54, 1.807) is 0 Å². The van der Waals surface area contributed by atoms with Crippen LogP contribution in [0.25, 0.3) is 32.9 Å². The van der Waals surface area contributed by atoms with E-state index >= 15 is 0 Å². The zero-order valence-electron chi connectivity index (χ0n) is 33.9. The maximum absolute atomic E-state index is 2.63. The lowest BCUT2D eigenvalue weighted by molar-refractivity contribution is -0.648. The molecule has 8 aromatic rings. The number of para-hydroxylation sites is 6. The second-order valence-electron chi connectivity index (χ2n) is 15.8. The summed E-state index contributed by atoms with van der Waals surface area (Å²) < 4.78 is 6.21. The molecule has 0 N–H and O–H groups in total. The number of anilines is 4. The first-order valence-corrected chi connectivity index (χ1v) is 22.5. The third-order valence-electron chi connectivity index (χ3n) is 12.4. The average Bonchev–Trinajstić information content (AvgIpc) is 3.80. The number of thiazole rings is 1. The van der Waals surface area contributed by atoms with Gasteiger partial charge in [-0.1, -0.05) is 120 Å². The van der Waals surface area contributed by atoms with E-state index in [0.29, 0.717) is 0 Å². The van der Waals surface area contributed by atoms with Crippen molar-refractivity contribution in [2.45, 2.75) is 17.2 Å². The fourth-order valence-electron chi connectivity index (χ4n) is 9.32. The number of thioether (sulfide) groups is 1. The molecule has 3 aliphatic rings. The molecule has 2 aromatic heterocycles. The van der Waals surface area contributed by atoms with E-state index < -0.39 is 0 Å². The summed E-state index contributed by atoms with van der Waals surface area (Å²) >= 11 is 3.77. The number of fused-ring (bicyclic) bond motifs is 4. The number of aromatic nitrogens is 2. The molecule has 6 aromatic carbocycles. The first-order valence-electron chi connectivity index (χ1n) is 20.9. The minimum Gasteiger partial charge on any atom is -0.350 e. The predicted octanol–water partition coefficient (Wildman–Crippen LogP) is 10.8. The van der Waals surface area contributed by atoms with E-state index in [2.05, 4.69) is 219 Å². The van der Waals surface area contributed by atoms with Crippen LogP contribution >= 0.6 is 23.1 Å². The summed E-state index contributed by atoms with van der Waals surface area (Å²) in [6.07, 6.45) is 5.90. The van der Waals surface area contributed by atoms with Gasteiger partial charge in [0.15, 0.2) is 0 Å². The molecule has 0 bridgehead atoms. The van der Waals surface area contributed by atoms with Crippen LogP contribution in [0.3, 0.4) is 0 Å². The molecule has 0 aliphatic carbocycles. The number of piperazine rings is 1.